The van der Waals surface area contributed by atoms with E-state index in [2.05, 4.69) is 15.1 Å². The maximum Gasteiger partial charge on any atom is 0.258 e. The first-order valence-electron chi connectivity index (χ1n) is 5.75. The second-order valence-corrected chi connectivity index (χ2v) is 4.12. The molecule has 3 rings (SSSR count). The summed E-state index contributed by atoms with van der Waals surface area (Å²) < 4.78 is 18.0. The summed E-state index contributed by atoms with van der Waals surface area (Å²) >= 11 is 0. The van der Waals surface area contributed by atoms with Crippen LogP contribution in [0.1, 0.15) is 5.69 Å². The number of aryl methyl sites for hydroxylation is 1. The summed E-state index contributed by atoms with van der Waals surface area (Å²) in [5, 5.41) is 3.90. The van der Waals surface area contributed by atoms with Gasteiger partial charge in [-0.3, -0.25) is 4.98 Å². The quantitative estimate of drug-likeness (QED) is 0.705. The summed E-state index contributed by atoms with van der Waals surface area (Å²) in [5.41, 5.74) is 2.38. The van der Waals surface area contributed by atoms with Gasteiger partial charge >= 0.3 is 0 Å². The van der Waals surface area contributed by atoms with Crippen LogP contribution in [-0.2, 0) is 0 Å². The molecule has 2 aromatic heterocycles. The van der Waals surface area contributed by atoms with Gasteiger partial charge in [0.2, 0.25) is 5.82 Å². The predicted molar refractivity (Wildman–Crippen MR) is 67.7 cm³/mol. The predicted octanol–water partition coefficient (Wildman–Crippen LogP) is 3.25. The molecular formula is C14H10FN3O. The molecule has 0 amide bonds. The average molecular weight is 255 g/mol. The van der Waals surface area contributed by atoms with E-state index in [0.717, 1.165) is 11.3 Å². The van der Waals surface area contributed by atoms with Crippen LogP contribution in [0.3, 0.4) is 0 Å². The van der Waals surface area contributed by atoms with E-state index in [-0.39, 0.29) is 5.82 Å². The van der Waals surface area contributed by atoms with Crippen molar-refractivity contribution in [1.29, 1.82) is 0 Å². The van der Waals surface area contributed by atoms with Crippen molar-refractivity contribution in [3.63, 3.8) is 0 Å². The van der Waals surface area contributed by atoms with Crippen LogP contribution in [0.2, 0.25) is 0 Å². The molecule has 0 N–H and O–H groups in total. The minimum atomic E-state index is -0.300. The number of pyridine rings is 1. The maximum atomic E-state index is 12.8. The van der Waals surface area contributed by atoms with Gasteiger partial charge in [-0.15, -0.1) is 0 Å². The highest BCUT2D eigenvalue weighted by atomic mass is 19.1. The van der Waals surface area contributed by atoms with Crippen LogP contribution in [0.4, 0.5) is 4.39 Å². The minimum Gasteiger partial charge on any atom is -0.334 e. The number of hydrogen-bond acceptors (Lipinski definition) is 4. The van der Waals surface area contributed by atoms with Crippen molar-refractivity contribution in [2.75, 3.05) is 0 Å². The Hall–Kier alpha value is -2.56. The van der Waals surface area contributed by atoms with Gasteiger partial charge in [-0.1, -0.05) is 5.16 Å². The van der Waals surface area contributed by atoms with Crippen LogP contribution < -0.4 is 0 Å². The zero-order valence-electron chi connectivity index (χ0n) is 10.2. The summed E-state index contributed by atoms with van der Waals surface area (Å²) in [7, 11) is 0. The van der Waals surface area contributed by atoms with Crippen LogP contribution in [0.25, 0.3) is 22.8 Å². The Bertz CT molecular complexity index is 629. The SMILES string of the molecule is Cc1ccc(-c2noc(-c3ccc(F)cc3)n2)cn1. The minimum absolute atomic E-state index is 0.300. The summed E-state index contributed by atoms with van der Waals surface area (Å²) in [6.45, 7) is 1.91. The van der Waals surface area contributed by atoms with E-state index < -0.39 is 0 Å². The highest BCUT2D eigenvalue weighted by molar-refractivity contribution is 5.58. The van der Waals surface area contributed by atoms with Gasteiger partial charge in [-0.25, -0.2) is 4.39 Å². The summed E-state index contributed by atoms with van der Waals surface area (Å²) in [6, 6.07) is 9.66. The lowest BCUT2D eigenvalue weighted by Crippen LogP contribution is -1.85. The molecule has 1 aromatic carbocycles. The van der Waals surface area contributed by atoms with Gasteiger partial charge in [0.25, 0.3) is 5.89 Å². The molecule has 0 bridgehead atoms. The van der Waals surface area contributed by atoms with E-state index >= 15 is 0 Å². The Morgan fingerprint density at radius 2 is 1.74 bits per heavy atom. The number of aromatic nitrogens is 3. The van der Waals surface area contributed by atoms with Gasteiger partial charge < -0.3 is 4.52 Å². The maximum absolute atomic E-state index is 12.8. The smallest absolute Gasteiger partial charge is 0.258 e. The molecule has 0 aliphatic carbocycles. The molecular weight excluding hydrogens is 245 g/mol. The van der Waals surface area contributed by atoms with Gasteiger partial charge in [-0.2, -0.15) is 4.98 Å². The third-order valence-corrected chi connectivity index (χ3v) is 2.69. The first-order chi connectivity index (χ1) is 9.22. The van der Waals surface area contributed by atoms with E-state index in [1.54, 1.807) is 18.3 Å². The fourth-order valence-corrected chi connectivity index (χ4v) is 1.65. The third kappa shape index (κ3) is 2.35. The molecule has 0 fully saturated rings. The lowest BCUT2D eigenvalue weighted by Gasteiger charge is -1.94. The van der Waals surface area contributed by atoms with Crippen LogP contribution in [-0.4, -0.2) is 15.1 Å². The van der Waals surface area contributed by atoms with Gasteiger partial charge in [0.05, 0.1) is 0 Å². The molecule has 0 saturated carbocycles. The molecule has 4 nitrogen and oxygen atoms in total. The average Bonchev–Trinajstić information content (AvgIpc) is 2.90. The van der Waals surface area contributed by atoms with Crippen molar-refractivity contribution in [3.05, 3.63) is 54.1 Å². The van der Waals surface area contributed by atoms with E-state index in [9.17, 15) is 4.39 Å². The summed E-state index contributed by atoms with van der Waals surface area (Å²) in [6.07, 6.45) is 1.69. The lowest BCUT2D eigenvalue weighted by atomic mass is 10.2. The van der Waals surface area contributed by atoms with Crippen molar-refractivity contribution in [3.8, 4) is 22.8 Å². The molecule has 0 saturated heterocycles. The molecule has 0 atom stereocenters. The van der Waals surface area contributed by atoms with Crippen molar-refractivity contribution in [2.45, 2.75) is 6.92 Å². The van der Waals surface area contributed by atoms with E-state index in [1.807, 2.05) is 19.1 Å². The number of nitrogens with zero attached hydrogens (tertiary/aromatic N) is 3. The van der Waals surface area contributed by atoms with Crippen molar-refractivity contribution >= 4 is 0 Å². The number of benzene rings is 1. The number of rotatable bonds is 2. The normalized spacial score (nSPS) is 10.6. The van der Waals surface area contributed by atoms with Crippen molar-refractivity contribution < 1.29 is 8.91 Å². The van der Waals surface area contributed by atoms with E-state index in [1.165, 1.54) is 12.1 Å². The van der Waals surface area contributed by atoms with Crippen molar-refractivity contribution in [1.82, 2.24) is 15.1 Å². The zero-order chi connectivity index (χ0) is 13.2. The van der Waals surface area contributed by atoms with Crippen molar-refractivity contribution in [2.24, 2.45) is 0 Å². The molecule has 3 aromatic rings. The number of hydrogen-bond donors (Lipinski definition) is 0. The van der Waals surface area contributed by atoms with Gasteiger partial charge in [0.1, 0.15) is 5.82 Å². The Labute approximate surface area is 108 Å². The van der Waals surface area contributed by atoms with Gasteiger partial charge in [-0.05, 0) is 43.3 Å². The largest absolute Gasteiger partial charge is 0.334 e. The molecule has 0 aliphatic heterocycles. The summed E-state index contributed by atoms with van der Waals surface area (Å²) in [4.78, 5) is 8.45. The van der Waals surface area contributed by atoms with Gasteiger partial charge in [0, 0.05) is 23.0 Å². The first kappa shape index (κ1) is 11.5. The van der Waals surface area contributed by atoms with Crippen LogP contribution in [0.15, 0.2) is 47.1 Å². The van der Waals surface area contributed by atoms with Crippen LogP contribution in [0.5, 0.6) is 0 Å². The van der Waals surface area contributed by atoms with Crippen LogP contribution in [0, 0.1) is 12.7 Å². The highest BCUT2D eigenvalue weighted by Crippen LogP contribution is 2.21. The molecule has 94 valence electrons. The van der Waals surface area contributed by atoms with E-state index in [0.29, 0.717) is 17.3 Å². The monoisotopic (exact) mass is 255 g/mol. The van der Waals surface area contributed by atoms with Gasteiger partial charge in [0.15, 0.2) is 0 Å². The highest BCUT2D eigenvalue weighted by Gasteiger charge is 2.10. The Morgan fingerprint density at radius 3 is 2.42 bits per heavy atom. The zero-order valence-corrected chi connectivity index (χ0v) is 10.2. The second kappa shape index (κ2) is 4.61. The molecule has 2 heterocycles. The fraction of sp³-hybridized carbons (Fsp3) is 0.0714. The lowest BCUT2D eigenvalue weighted by molar-refractivity contribution is 0.432. The molecule has 0 unspecified atom stereocenters. The second-order valence-electron chi connectivity index (χ2n) is 4.12. The standard InChI is InChI=1S/C14H10FN3O/c1-9-2-3-11(8-16-9)13-17-14(19-18-13)10-4-6-12(15)7-5-10/h2-8H,1H3. The molecule has 0 radical (unpaired) electrons. The molecule has 5 heteroatoms. The molecule has 0 aliphatic rings. The Morgan fingerprint density at radius 1 is 1.00 bits per heavy atom. The first-order valence-corrected chi connectivity index (χ1v) is 5.75. The molecule has 0 spiro atoms. The topological polar surface area (TPSA) is 51.8 Å². The van der Waals surface area contributed by atoms with Crippen LogP contribution >= 0.6 is 0 Å². The number of halogens is 1. The molecule has 19 heavy (non-hydrogen) atoms. The Balaban J connectivity index is 1.95. The summed E-state index contributed by atoms with van der Waals surface area (Å²) in [5.74, 6) is 0.522. The fourth-order valence-electron chi connectivity index (χ4n) is 1.65. The third-order valence-electron chi connectivity index (χ3n) is 2.69. The van der Waals surface area contributed by atoms with E-state index in [4.69, 9.17) is 4.52 Å². The Kier molecular flexibility index (Phi) is 2.79.